The summed E-state index contributed by atoms with van der Waals surface area (Å²) in [6, 6.07) is 6.47. The molecule has 2 fully saturated rings. The monoisotopic (exact) mass is 245 g/mol. The number of rotatable bonds is 1. The SMILES string of the molecule is Oc1cccc2c1CCC2N1CC2CCC(C1)O2. The smallest absolute Gasteiger partial charge is 0.119 e. The molecule has 18 heavy (non-hydrogen) atoms. The van der Waals surface area contributed by atoms with Gasteiger partial charge in [-0.15, -0.1) is 0 Å². The van der Waals surface area contributed by atoms with Crippen LogP contribution in [0.15, 0.2) is 18.2 Å². The van der Waals surface area contributed by atoms with Crippen molar-refractivity contribution in [1.29, 1.82) is 0 Å². The molecule has 0 spiro atoms. The highest BCUT2D eigenvalue weighted by molar-refractivity contribution is 5.44. The topological polar surface area (TPSA) is 32.7 Å². The molecule has 3 unspecified atom stereocenters. The fourth-order valence-electron chi connectivity index (χ4n) is 3.89. The Morgan fingerprint density at radius 1 is 1.11 bits per heavy atom. The molecule has 0 amide bonds. The zero-order valence-corrected chi connectivity index (χ0v) is 10.5. The van der Waals surface area contributed by atoms with Crippen LogP contribution in [0.1, 0.15) is 36.4 Å². The third-order valence-electron chi connectivity index (χ3n) is 4.73. The Hall–Kier alpha value is -1.06. The van der Waals surface area contributed by atoms with E-state index in [0.717, 1.165) is 25.9 Å². The van der Waals surface area contributed by atoms with Crippen LogP contribution in [0.25, 0.3) is 0 Å². The fourth-order valence-corrected chi connectivity index (χ4v) is 3.89. The Kier molecular flexibility index (Phi) is 2.39. The van der Waals surface area contributed by atoms with Crippen LogP contribution in [-0.2, 0) is 11.2 Å². The highest BCUT2D eigenvalue weighted by Gasteiger charge is 2.39. The number of fused-ring (bicyclic) bond motifs is 3. The molecule has 3 atom stereocenters. The van der Waals surface area contributed by atoms with Crippen LogP contribution < -0.4 is 0 Å². The van der Waals surface area contributed by atoms with Gasteiger partial charge in [-0.2, -0.15) is 0 Å². The van der Waals surface area contributed by atoms with Gasteiger partial charge in [0.15, 0.2) is 0 Å². The maximum Gasteiger partial charge on any atom is 0.119 e. The van der Waals surface area contributed by atoms with Crippen molar-refractivity contribution >= 4 is 0 Å². The van der Waals surface area contributed by atoms with E-state index in [9.17, 15) is 5.11 Å². The van der Waals surface area contributed by atoms with Crippen molar-refractivity contribution in [3.63, 3.8) is 0 Å². The molecule has 2 heterocycles. The predicted octanol–water partition coefficient (Wildman–Crippen LogP) is 2.24. The Balaban J connectivity index is 1.63. The first-order chi connectivity index (χ1) is 8.81. The first kappa shape index (κ1) is 10.8. The number of morpholine rings is 1. The van der Waals surface area contributed by atoms with E-state index in [2.05, 4.69) is 11.0 Å². The van der Waals surface area contributed by atoms with Crippen molar-refractivity contribution in [3.8, 4) is 5.75 Å². The first-order valence-electron chi connectivity index (χ1n) is 7.01. The minimum atomic E-state index is 0.449. The highest BCUT2D eigenvalue weighted by Crippen LogP contribution is 2.42. The van der Waals surface area contributed by atoms with Gasteiger partial charge in [0.1, 0.15) is 5.75 Å². The van der Waals surface area contributed by atoms with Gasteiger partial charge in [0.2, 0.25) is 0 Å². The molecule has 1 aromatic rings. The summed E-state index contributed by atoms with van der Waals surface area (Å²) in [5.41, 5.74) is 2.51. The van der Waals surface area contributed by atoms with E-state index >= 15 is 0 Å². The Bertz CT molecular complexity index is 462. The minimum absolute atomic E-state index is 0.449. The largest absolute Gasteiger partial charge is 0.508 e. The lowest BCUT2D eigenvalue weighted by Gasteiger charge is -2.36. The van der Waals surface area contributed by atoms with Crippen LogP contribution in [0, 0.1) is 0 Å². The maximum atomic E-state index is 9.92. The lowest BCUT2D eigenvalue weighted by Crippen LogP contribution is -2.43. The average molecular weight is 245 g/mol. The third-order valence-corrected chi connectivity index (χ3v) is 4.73. The summed E-state index contributed by atoms with van der Waals surface area (Å²) < 4.78 is 5.91. The van der Waals surface area contributed by atoms with Crippen molar-refractivity contribution in [1.82, 2.24) is 4.90 Å². The molecule has 1 aromatic carbocycles. The number of aromatic hydroxyl groups is 1. The fraction of sp³-hybridized carbons (Fsp3) is 0.600. The number of phenols is 1. The van der Waals surface area contributed by atoms with Gasteiger partial charge in [0.05, 0.1) is 12.2 Å². The van der Waals surface area contributed by atoms with Crippen LogP contribution in [0.3, 0.4) is 0 Å². The molecule has 4 rings (SSSR count). The van der Waals surface area contributed by atoms with Crippen molar-refractivity contribution < 1.29 is 9.84 Å². The lowest BCUT2D eigenvalue weighted by molar-refractivity contribution is -0.0530. The van der Waals surface area contributed by atoms with E-state index in [1.807, 2.05) is 12.1 Å². The van der Waals surface area contributed by atoms with Crippen LogP contribution in [-0.4, -0.2) is 35.3 Å². The van der Waals surface area contributed by atoms with Crippen molar-refractivity contribution in [3.05, 3.63) is 29.3 Å². The second-order valence-corrected chi connectivity index (χ2v) is 5.81. The molecule has 0 saturated carbocycles. The van der Waals surface area contributed by atoms with Crippen molar-refractivity contribution in [2.75, 3.05) is 13.1 Å². The molecule has 3 nitrogen and oxygen atoms in total. The van der Waals surface area contributed by atoms with Crippen LogP contribution in [0.5, 0.6) is 5.75 Å². The number of hydrogen-bond acceptors (Lipinski definition) is 3. The van der Waals surface area contributed by atoms with E-state index < -0.39 is 0 Å². The molecule has 0 radical (unpaired) electrons. The zero-order valence-electron chi connectivity index (χ0n) is 10.5. The number of nitrogens with zero attached hydrogens (tertiary/aromatic N) is 1. The average Bonchev–Trinajstić information content (AvgIpc) is 2.94. The highest BCUT2D eigenvalue weighted by atomic mass is 16.5. The maximum absolute atomic E-state index is 9.92. The van der Waals surface area contributed by atoms with Gasteiger partial charge in [-0.05, 0) is 42.9 Å². The summed E-state index contributed by atoms with van der Waals surface area (Å²) in [7, 11) is 0. The molecule has 0 aromatic heterocycles. The Morgan fingerprint density at radius 3 is 2.67 bits per heavy atom. The van der Waals surface area contributed by atoms with E-state index in [1.54, 1.807) is 0 Å². The number of likely N-dealkylation sites (tertiary alicyclic amines) is 1. The van der Waals surface area contributed by atoms with Gasteiger partial charge in [0.25, 0.3) is 0 Å². The van der Waals surface area contributed by atoms with E-state index in [1.165, 1.54) is 24.0 Å². The number of benzene rings is 1. The van der Waals surface area contributed by atoms with Gasteiger partial charge in [-0.3, -0.25) is 4.90 Å². The lowest BCUT2D eigenvalue weighted by atomic mass is 10.1. The normalized spacial score (nSPS) is 34.8. The summed E-state index contributed by atoms with van der Waals surface area (Å²) in [6.07, 6.45) is 5.50. The molecule has 96 valence electrons. The van der Waals surface area contributed by atoms with E-state index in [4.69, 9.17) is 4.74 Å². The quantitative estimate of drug-likeness (QED) is 0.823. The number of phenolic OH excluding ortho intramolecular Hbond substituents is 1. The standard InChI is InChI=1S/C15H19NO2/c17-15-3-1-2-12-13(15)6-7-14(12)16-8-10-4-5-11(9-16)18-10/h1-3,10-11,14,17H,4-9H2. The molecular weight excluding hydrogens is 226 g/mol. The summed E-state index contributed by atoms with van der Waals surface area (Å²) >= 11 is 0. The summed E-state index contributed by atoms with van der Waals surface area (Å²) in [5.74, 6) is 0.478. The molecular formula is C15H19NO2. The second kappa shape index (κ2) is 3.97. The van der Waals surface area contributed by atoms with E-state index in [0.29, 0.717) is 24.0 Å². The molecule has 2 aliphatic heterocycles. The molecule has 3 aliphatic rings. The Labute approximate surface area is 107 Å². The summed E-state index contributed by atoms with van der Waals surface area (Å²) in [5, 5.41) is 9.92. The Morgan fingerprint density at radius 2 is 1.89 bits per heavy atom. The van der Waals surface area contributed by atoms with Crippen molar-refractivity contribution in [2.24, 2.45) is 0 Å². The zero-order chi connectivity index (χ0) is 12.1. The molecule has 2 saturated heterocycles. The van der Waals surface area contributed by atoms with E-state index in [-0.39, 0.29) is 0 Å². The van der Waals surface area contributed by atoms with Crippen molar-refractivity contribution in [2.45, 2.75) is 43.9 Å². The predicted molar refractivity (Wildman–Crippen MR) is 68.6 cm³/mol. The minimum Gasteiger partial charge on any atom is -0.508 e. The van der Waals surface area contributed by atoms with Gasteiger partial charge < -0.3 is 9.84 Å². The van der Waals surface area contributed by atoms with Gasteiger partial charge in [-0.1, -0.05) is 12.1 Å². The number of ether oxygens (including phenoxy) is 1. The van der Waals surface area contributed by atoms with Gasteiger partial charge in [-0.25, -0.2) is 0 Å². The molecule has 2 bridgehead atoms. The molecule has 1 aliphatic carbocycles. The number of hydrogen-bond donors (Lipinski definition) is 1. The van der Waals surface area contributed by atoms with Gasteiger partial charge in [0, 0.05) is 19.1 Å². The van der Waals surface area contributed by atoms with Crippen LogP contribution in [0.2, 0.25) is 0 Å². The molecule has 3 heteroatoms. The van der Waals surface area contributed by atoms with Crippen LogP contribution >= 0.6 is 0 Å². The third kappa shape index (κ3) is 1.57. The second-order valence-electron chi connectivity index (χ2n) is 5.81. The molecule has 1 N–H and O–H groups in total. The first-order valence-corrected chi connectivity index (χ1v) is 7.01. The van der Waals surface area contributed by atoms with Crippen LogP contribution in [0.4, 0.5) is 0 Å². The summed E-state index contributed by atoms with van der Waals surface area (Å²) in [6.45, 7) is 2.13. The summed E-state index contributed by atoms with van der Waals surface area (Å²) in [4.78, 5) is 2.58. The van der Waals surface area contributed by atoms with Gasteiger partial charge >= 0.3 is 0 Å².